The van der Waals surface area contributed by atoms with E-state index in [1.54, 1.807) is 15.2 Å². The van der Waals surface area contributed by atoms with Gasteiger partial charge < -0.3 is 5.73 Å². The maximum atomic E-state index is 12.6. The quantitative estimate of drug-likeness (QED) is 0.908. The van der Waals surface area contributed by atoms with Crippen LogP contribution in [0.15, 0.2) is 11.1 Å². The van der Waals surface area contributed by atoms with Crippen molar-refractivity contribution in [1.82, 2.24) is 14.1 Å². The van der Waals surface area contributed by atoms with Crippen molar-refractivity contribution in [3.8, 4) is 0 Å². The Bertz CT molecular complexity index is 516. The van der Waals surface area contributed by atoms with Gasteiger partial charge in [-0.15, -0.1) is 0 Å². The Morgan fingerprint density at radius 2 is 1.89 bits per heavy atom. The third-order valence-electron chi connectivity index (χ3n) is 3.39. The molecule has 1 aliphatic heterocycles. The molecule has 1 saturated heterocycles. The summed E-state index contributed by atoms with van der Waals surface area (Å²) in [6.07, 6.45) is 6.47. The van der Waals surface area contributed by atoms with E-state index < -0.39 is 10.0 Å². The van der Waals surface area contributed by atoms with Gasteiger partial charge in [0.1, 0.15) is 4.90 Å². The molecule has 1 fully saturated rings. The number of anilines is 1. The maximum Gasteiger partial charge on any atom is 0.248 e. The van der Waals surface area contributed by atoms with Gasteiger partial charge >= 0.3 is 0 Å². The zero-order chi connectivity index (χ0) is 13.9. The van der Waals surface area contributed by atoms with Gasteiger partial charge in [0.15, 0.2) is 5.82 Å². The molecule has 1 aromatic heterocycles. The molecule has 0 amide bonds. The second-order valence-electron chi connectivity index (χ2n) is 4.96. The molecule has 0 unspecified atom stereocenters. The summed E-state index contributed by atoms with van der Waals surface area (Å²) in [5.74, 6) is 0.109. The minimum absolute atomic E-state index is 0.109. The largest absolute Gasteiger partial charge is 0.381 e. The van der Waals surface area contributed by atoms with Gasteiger partial charge in [-0.2, -0.15) is 9.40 Å². The smallest absolute Gasteiger partial charge is 0.248 e. The SMILES string of the molecule is CCCn1cc(S(=O)(=O)N2CCCCCC2)c(N)n1. The molecule has 6 nitrogen and oxygen atoms in total. The summed E-state index contributed by atoms with van der Waals surface area (Å²) in [7, 11) is -3.49. The van der Waals surface area contributed by atoms with E-state index >= 15 is 0 Å². The van der Waals surface area contributed by atoms with E-state index in [0.29, 0.717) is 19.6 Å². The minimum Gasteiger partial charge on any atom is -0.381 e. The normalized spacial score (nSPS) is 18.4. The Morgan fingerprint density at radius 1 is 1.26 bits per heavy atom. The Hall–Kier alpha value is -1.08. The molecule has 0 aromatic carbocycles. The summed E-state index contributed by atoms with van der Waals surface area (Å²) in [6, 6.07) is 0. The van der Waals surface area contributed by atoms with E-state index in [-0.39, 0.29) is 10.7 Å². The topological polar surface area (TPSA) is 81.2 Å². The first-order valence-electron chi connectivity index (χ1n) is 6.88. The van der Waals surface area contributed by atoms with Gasteiger partial charge in [-0.1, -0.05) is 19.8 Å². The second-order valence-corrected chi connectivity index (χ2v) is 6.87. The van der Waals surface area contributed by atoms with Crippen LogP contribution in [0.2, 0.25) is 0 Å². The average Bonchev–Trinajstić information content (AvgIpc) is 2.60. The molecule has 1 aromatic rings. The highest BCUT2D eigenvalue weighted by Gasteiger charge is 2.29. The van der Waals surface area contributed by atoms with E-state index in [1.807, 2.05) is 6.92 Å². The standard InChI is InChI=1S/C12H22N4O2S/c1-2-7-15-10-11(12(13)14-15)19(17,18)16-8-5-3-4-6-9-16/h10H,2-9H2,1H3,(H2,13,14). The van der Waals surface area contributed by atoms with Crippen LogP contribution in [0.25, 0.3) is 0 Å². The molecule has 0 saturated carbocycles. The van der Waals surface area contributed by atoms with E-state index in [4.69, 9.17) is 5.73 Å². The lowest BCUT2D eigenvalue weighted by Crippen LogP contribution is -2.32. The van der Waals surface area contributed by atoms with E-state index in [0.717, 1.165) is 32.1 Å². The highest BCUT2D eigenvalue weighted by molar-refractivity contribution is 7.89. The monoisotopic (exact) mass is 286 g/mol. The van der Waals surface area contributed by atoms with Crippen LogP contribution < -0.4 is 5.73 Å². The number of rotatable bonds is 4. The maximum absolute atomic E-state index is 12.6. The Balaban J connectivity index is 2.27. The van der Waals surface area contributed by atoms with Crippen LogP contribution in [0.1, 0.15) is 39.0 Å². The van der Waals surface area contributed by atoms with Crippen LogP contribution in [0.5, 0.6) is 0 Å². The summed E-state index contributed by atoms with van der Waals surface area (Å²) in [5.41, 5.74) is 5.77. The minimum atomic E-state index is -3.49. The molecule has 1 aliphatic rings. The Kier molecular flexibility index (Phi) is 4.46. The summed E-state index contributed by atoms with van der Waals surface area (Å²) < 4.78 is 28.3. The zero-order valence-corrected chi connectivity index (χ0v) is 12.2. The van der Waals surface area contributed by atoms with E-state index in [1.165, 1.54) is 0 Å². The van der Waals surface area contributed by atoms with Crippen LogP contribution in [0.4, 0.5) is 5.82 Å². The number of hydrogen-bond acceptors (Lipinski definition) is 4. The summed E-state index contributed by atoms with van der Waals surface area (Å²) in [5, 5.41) is 4.07. The van der Waals surface area contributed by atoms with Crippen LogP contribution in [0, 0.1) is 0 Å². The van der Waals surface area contributed by atoms with Crippen molar-refractivity contribution in [2.75, 3.05) is 18.8 Å². The van der Waals surface area contributed by atoms with Crippen molar-refractivity contribution in [2.24, 2.45) is 0 Å². The van der Waals surface area contributed by atoms with Crippen LogP contribution >= 0.6 is 0 Å². The lowest BCUT2D eigenvalue weighted by Gasteiger charge is -2.18. The first kappa shape index (κ1) is 14.3. The molecule has 2 heterocycles. The van der Waals surface area contributed by atoms with Crippen molar-refractivity contribution in [3.63, 3.8) is 0 Å². The van der Waals surface area contributed by atoms with Crippen molar-refractivity contribution >= 4 is 15.8 Å². The number of nitrogen functional groups attached to an aromatic ring is 1. The number of aromatic nitrogens is 2. The predicted octanol–water partition coefficient (Wildman–Crippen LogP) is 1.44. The Morgan fingerprint density at radius 3 is 2.47 bits per heavy atom. The lowest BCUT2D eigenvalue weighted by atomic mass is 10.2. The van der Waals surface area contributed by atoms with Crippen molar-refractivity contribution in [2.45, 2.75) is 50.5 Å². The fourth-order valence-electron chi connectivity index (χ4n) is 2.38. The number of nitrogens with zero attached hydrogens (tertiary/aromatic N) is 3. The van der Waals surface area contributed by atoms with Crippen LogP contribution in [-0.2, 0) is 16.6 Å². The number of sulfonamides is 1. The third-order valence-corrected chi connectivity index (χ3v) is 5.31. The van der Waals surface area contributed by atoms with Gasteiger partial charge in [-0.05, 0) is 19.3 Å². The molecule has 0 spiro atoms. The fourth-order valence-corrected chi connectivity index (χ4v) is 3.96. The zero-order valence-electron chi connectivity index (χ0n) is 11.4. The van der Waals surface area contributed by atoms with E-state index in [9.17, 15) is 8.42 Å². The number of hydrogen-bond donors (Lipinski definition) is 1. The molecule has 7 heteroatoms. The summed E-state index contributed by atoms with van der Waals surface area (Å²) >= 11 is 0. The molecule has 2 N–H and O–H groups in total. The molecule has 0 aliphatic carbocycles. The van der Waals surface area contributed by atoms with Gasteiger partial charge in [-0.25, -0.2) is 8.42 Å². The molecule has 2 rings (SSSR count). The number of aryl methyl sites for hydroxylation is 1. The van der Waals surface area contributed by atoms with Gasteiger partial charge in [0.25, 0.3) is 0 Å². The molecule has 108 valence electrons. The van der Waals surface area contributed by atoms with Crippen molar-refractivity contribution in [3.05, 3.63) is 6.20 Å². The summed E-state index contributed by atoms with van der Waals surface area (Å²) in [6.45, 7) is 3.86. The van der Waals surface area contributed by atoms with Gasteiger partial charge in [0, 0.05) is 25.8 Å². The molecular formula is C12H22N4O2S. The average molecular weight is 286 g/mol. The molecular weight excluding hydrogens is 264 g/mol. The van der Waals surface area contributed by atoms with Gasteiger partial charge in [-0.3, -0.25) is 4.68 Å². The predicted molar refractivity (Wildman–Crippen MR) is 74.2 cm³/mol. The first-order valence-corrected chi connectivity index (χ1v) is 8.33. The fraction of sp³-hybridized carbons (Fsp3) is 0.750. The van der Waals surface area contributed by atoms with E-state index in [2.05, 4.69) is 5.10 Å². The van der Waals surface area contributed by atoms with Crippen LogP contribution in [-0.4, -0.2) is 35.6 Å². The van der Waals surface area contributed by atoms with Crippen molar-refractivity contribution in [1.29, 1.82) is 0 Å². The molecule has 0 atom stereocenters. The second kappa shape index (κ2) is 5.92. The third kappa shape index (κ3) is 3.09. The molecule has 19 heavy (non-hydrogen) atoms. The molecule has 0 bridgehead atoms. The Labute approximate surface area is 114 Å². The highest BCUT2D eigenvalue weighted by atomic mass is 32.2. The summed E-state index contributed by atoms with van der Waals surface area (Å²) in [4.78, 5) is 0.155. The van der Waals surface area contributed by atoms with Gasteiger partial charge in [0.05, 0.1) is 0 Å². The lowest BCUT2D eigenvalue weighted by molar-refractivity contribution is 0.424. The highest BCUT2D eigenvalue weighted by Crippen LogP contribution is 2.24. The van der Waals surface area contributed by atoms with Gasteiger partial charge in [0.2, 0.25) is 10.0 Å². The molecule has 0 radical (unpaired) electrons. The van der Waals surface area contributed by atoms with Crippen molar-refractivity contribution < 1.29 is 8.42 Å². The first-order chi connectivity index (χ1) is 9.05. The number of nitrogens with two attached hydrogens (primary N) is 1. The van der Waals surface area contributed by atoms with Crippen LogP contribution in [0.3, 0.4) is 0 Å².